The van der Waals surface area contributed by atoms with Gasteiger partial charge in [-0.05, 0) is 51.1 Å². The third kappa shape index (κ3) is 3.82. The lowest BCUT2D eigenvalue weighted by Gasteiger charge is -2.12. The molecule has 0 aliphatic rings. The quantitative estimate of drug-likeness (QED) is 0.739. The molecule has 2 heterocycles. The van der Waals surface area contributed by atoms with Gasteiger partial charge in [0.05, 0.1) is 17.4 Å². The third-order valence-corrected chi connectivity index (χ3v) is 4.43. The number of rotatable bonds is 6. The van der Waals surface area contributed by atoms with Crippen molar-refractivity contribution in [2.75, 3.05) is 0 Å². The number of hydrogen-bond acceptors (Lipinski definition) is 3. The van der Waals surface area contributed by atoms with E-state index in [4.69, 9.17) is 0 Å². The van der Waals surface area contributed by atoms with Crippen molar-refractivity contribution in [2.45, 2.75) is 39.8 Å². The van der Waals surface area contributed by atoms with Crippen LogP contribution in [0.2, 0.25) is 0 Å². The van der Waals surface area contributed by atoms with Crippen LogP contribution in [-0.4, -0.2) is 25.5 Å². The van der Waals surface area contributed by atoms with Gasteiger partial charge in [0.25, 0.3) is 0 Å². The molecule has 0 saturated heterocycles. The van der Waals surface area contributed by atoms with Gasteiger partial charge >= 0.3 is 0 Å². The van der Waals surface area contributed by atoms with E-state index >= 15 is 0 Å². The lowest BCUT2D eigenvalue weighted by atomic mass is 10.2. The van der Waals surface area contributed by atoms with Crippen LogP contribution in [0, 0.1) is 19.7 Å². The first kappa shape index (κ1) is 17.8. The van der Waals surface area contributed by atoms with Crippen LogP contribution in [-0.2, 0) is 11.3 Å². The zero-order chi connectivity index (χ0) is 18.7. The van der Waals surface area contributed by atoms with Crippen LogP contribution in [0.5, 0.6) is 0 Å². The number of nitrogens with one attached hydrogen (secondary N) is 1. The van der Waals surface area contributed by atoms with E-state index in [0.717, 1.165) is 22.6 Å². The Hall–Kier alpha value is -2.96. The Labute approximate surface area is 151 Å². The van der Waals surface area contributed by atoms with Gasteiger partial charge in [0, 0.05) is 36.6 Å². The minimum atomic E-state index is -0.283. The molecule has 26 heavy (non-hydrogen) atoms. The van der Waals surface area contributed by atoms with Gasteiger partial charge in [0.2, 0.25) is 5.91 Å². The number of carbonyl (C=O) groups is 1. The van der Waals surface area contributed by atoms with Crippen molar-refractivity contribution in [1.82, 2.24) is 24.9 Å². The van der Waals surface area contributed by atoms with Crippen molar-refractivity contribution in [3.8, 4) is 5.69 Å². The van der Waals surface area contributed by atoms with Crippen molar-refractivity contribution in [1.29, 1.82) is 0 Å². The number of amides is 1. The van der Waals surface area contributed by atoms with Crippen LogP contribution in [0.25, 0.3) is 5.69 Å². The SMILES string of the molecule is Cc1nn(-c2ccc(F)cc2)c(C)c1CNC(=O)C[C@@H](C)n1cccn1. The Morgan fingerprint density at radius 1 is 1.27 bits per heavy atom. The number of hydrogen-bond donors (Lipinski definition) is 1. The Morgan fingerprint density at radius 2 is 2.00 bits per heavy atom. The molecule has 1 atom stereocenters. The van der Waals surface area contributed by atoms with E-state index in [1.54, 1.807) is 27.7 Å². The number of nitrogens with zero attached hydrogens (tertiary/aromatic N) is 4. The average Bonchev–Trinajstić information content (AvgIpc) is 3.23. The van der Waals surface area contributed by atoms with E-state index in [0.29, 0.717) is 13.0 Å². The molecule has 136 valence electrons. The molecule has 1 aromatic carbocycles. The number of halogens is 1. The predicted octanol–water partition coefficient (Wildman–Crippen LogP) is 3.09. The molecular formula is C19H22FN5O. The highest BCUT2D eigenvalue weighted by Gasteiger charge is 2.15. The van der Waals surface area contributed by atoms with Gasteiger partial charge in [-0.3, -0.25) is 9.48 Å². The minimum Gasteiger partial charge on any atom is -0.352 e. The summed E-state index contributed by atoms with van der Waals surface area (Å²) in [4.78, 5) is 12.2. The topological polar surface area (TPSA) is 64.7 Å². The van der Waals surface area contributed by atoms with Crippen LogP contribution in [0.15, 0.2) is 42.7 Å². The molecule has 0 saturated carbocycles. The van der Waals surface area contributed by atoms with Gasteiger partial charge in [-0.1, -0.05) is 0 Å². The first-order valence-corrected chi connectivity index (χ1v) is 8.52. The van der Waals surface area contributed by atoms with Gasteiger partial charge in [-0.25, -0.2) is 9.07 Å². The van der Waals surface area contributed by atoms with Gasteiger partial charge < -0.3 is 5.32 Å². The molecular weight excluding hydrogens is 333 g/mol. The summed E-state index contributed by atoms with van der Waals surface area (Å²) in [6.45, 7) is 6.21. The lowest BCUT2D eigenvalue weighted by Crippen LogP contribution is -2.26. The first-order chi connectivity index (χ1) is 12.5. The summed E-state index contributed by atoms with van der Waals surface area (Å²) in [6.07, 6.45) is 3.90. The molecule has 6 nitrogen and oxygen atoms in total. The maximum Gasteiger partial charge on any atom is 0.222 e. The molecule has 0 bridgehead atoms. The van der Waals surface area contributed by atoms with Gasteiger partial charge in [0.1, 0.15) is 5.82 Å². The normalized spacial score (nSPS) is 12.2. The van der Waals surface area contributed by atoms with E-state index in [1.165, 1.54) is 12.1 Å². The van der Waals surface area contributed by atoms with Crippen LogP contribution in [0.3, 0.4) is 0 Å². The van der Waals surface area contributed by atoms with Gasteiger partial charge in [-0.2, -0.15) is 10.2 Å². The second kappa shape index (κ2) is 7.51. The monoisotopic (exact) mass is 355 g/mol. The molecule has 0 aliphatic carbocycles. The highest BCUT2D eigenvalue weighted by molar-refractivity contribution is 5.76. The smallest absolute Gasteiger partial charge is 0.222 e. The van der Waals surface area contributed by atoms with E-state index in [1.807, 2.05) is 33.0 Å². The number of aryl methyl sites for hydroxylation is 1. The summed E-state index contributed by atoms with van der Waals surface area (Å²) < 4.78 is 16.7. The Balaban J connectivity index is 1.66. The second-order valence-corrected chi connectivity index (χ2v) is 6.35. The summed E-state index contributed by atoms with van der Waals surface area (Å²) in [6, 6.07) is 8.01. The summed E-state index contributed by atoms with van der Waals surface area (Å²) in [5.41, 5.74) is 3.52. The summed E-state index contributed by atoms with van der Waals surface area (Å²) >= 11 is 0. The largest absolute Gasteiger partial charge is 0.352 e. The molecule has 0 aliphatic heterocycles. The number of carbonyl (C=O) groups excluding carboxylic acids is 1. The second-order valence-electron chi connectivity index (χ2n) is 6.35. The molecule has 0 spiro atoms. The summed E-state index contributed by atoms with van der Waals surface area (Å²) in [5.74, 6) is -0.324. The highest BCUT2D eigenvalue weighted by atomic mass is 19.1. The molecule has 2 aromatic heterocycles. The van der Waals surface area contributed by atoms with Crippen molar-refractivity contribution in [3.05, 3.63) is 65.5 Å². The van der Waals surface area contributed by atoms with Crippen molar-refractivity contribution < 1.29 is 9.18 Å². The molecule has 1 N–H and O–H groups in total. The molecule has 3 rings (SSSR count). The van der Waals surface area contributed by atoms with Gasteiger partial charge in [0.15, 0.2) is 0 Å². The Morgan fingerprint density at radius 3 is 2.65 bits per heavy atom. The fraction of sp³-hybridized carbons (Fsp3) is 0.316. The summed E-state index contributed by atoms with van der Waals surface area (Å²) in [5, 5.41) is 11.6. The van der Waals surface area contributed by atoms with Crippen LogP contribution in [0.4, 0.5) is 4.39 Å². The zero-order valence-corrected chi connectivity index (χ0v) is 15.1. The van der Waals surface area contributed by atoms with Crippen LogP contribution in [0.1, 0.15) is 36.3 Å². The molecule has 1 amide bonds. The fourth-order valence-corrected chi connectivity index (χ4v) is 2.93. The van der Waals surface area contributed by atoms with E-state index in [9.17, 15) is 9.18 Å². The predicted molar refractivity (Wildman–Crippen MR) is 96.4 cm³/mol. The maximum absolute atomic E-state index is 13.1. The molecule has 3 aromatic rings. The van der Waals surface area contributed by atoms with Crippen molar-refractivity contribution in [3.63, 3.8) is 0 Å². The van der Waals surface area contributed by atoms with E-state index in [2.05, 4.69) is 15.5 Å². The van der Waals surface area contributed by atoms with Crippen LogP contribution >= 0.6 is 0 Å². The zero-order valence-electron chi connectivity index (χ0n) is 15.1. The van der Waals surface area contributed by atoms with Crippen molar-refractivity contribution >= 4 is 5.91 Å². The molecule has 0 unspecified atom stereocenters. The maximum atomic E-state index is 13.1. The number of aromatic nitrogens is 4. The molecule has 0 fully saturated rings. The highest BCUT2D eigenvalue weighted by Crippen LogP contribution is 2.18. The standard InChI is InChI=1S/C19H22FN5O/c1-13(24-10-4-9-22-24)11-19(26)21-12-18-14(2)23-25(15(18)3)17-7-5-16(20)6-8-17/h4-10,13H,11-12H2,1-3H3,(H,21,26)/t13-/m1/s1. The lowest BCUT2D eigenvalue weighted by molar-refractivity contribution is -0.122. The average molecular weight is 355 g/mol. The van der Waals surface area contributed by atoms with E-state index < -0.39 is 0 Å². The Kier molecular flexibility index (Phi) is 5.16. The minimum absolute atomic E-state index is 0.00543. The molecule has 7 heteroatoms. The van der Waals surface area contributed by atoms with E-state index in [-0.39, 0.29) is 17.8 Å². The molecule has 0 radical (unpaired) electrons. The third-order valence-electron chi connectivity index (χ3n) is 4.43. The Bertz CT molecular complexity index is 884. The fourth-order valence-electron chi connectivity index (χ4n) is 2.93. The van der Waals surface area contributed by atoms with Crippen molar-refractivity contribution in [2.24, 2.45) is 0 Å². The van der Waals surface area contributed by atoms with Gasteiger partial charge in [-0.15, -0.1) is 0 Å². The first-order valence-electron chi connectivity index (χ1n) is 8.52. The number of benzene rings is 1. The summed E-state index contributed by atoms with van der Waals surface area (Å²) in [7, 11) is 0. The van der Waals surface area contributed by atoms with Crippen LogP contribution < -0.4 is 5.32 Å².